The van der Waals surface area contributed by atoms with Crippen molar-refractivity contribution in [2.75, 3.05) is 19.8 Å². The van der Waals surface area contributed by atoms with E-state index in [1.807, 2.05) is 0 Å². The smallest absolute Gasteiger partial charge is 0.191 e. The molecule has 0 unspecified atom stereocenters. The fourth-order valence-electron chi connectivity index (χ4n) is 3.81. The van der Waals surface area contributed by atoms with E-state index in [0.29, 0.717) is 25.3 Å². The van der Waals surface area contributed by atoms with Gasteiger partial charge in [0.05, 0.1) is 19.3 Å². The molecule has 6 heteroatoms. The highest BCUT2D eigenvalue weighted by molar-refractivity contribution is 14.0. The number of hydrogen-bond donors (Lipinski definition) is 2. The first kappa shape index (κ1) is 23.4. The summed E-state index contributed by atoms with van der Waals surface area (Å²) >= 11 is 0. The first-order valence-corrected chi connectivity index (χ1v) is 10.7. The largest absolute Gasteiger partial charge is 0.381 e. The molecule has 1 saturated carbocycles. The number of hydrogen-bond acceptors (Lipinski definition) is 3. The van der Waals surface area contributed by atoms with Gasteiger partial charge >= 0.3 is 0 Å². The molecule has 28 heavy (non-hydrogen) atoms. The highest BCUT2D eigenvalue weighted by Crippen LogP contribution is 2.17. The predicted octanol–water partition coefficient (Wildman–Crippen LogP) is 4.39. The third-order valence-electron chi connectivity index (χ3n) is 5.36. The molecule has 0 amide bonds. The maximum Gasteiger partial charge on any atom is 0.191 e. The van der Waals surface area contributed by atoms with E-state index in [9.17, 15) is 0 Å². The minimum Gasteiger partial charge on any atom is -0.381 e. The molecule has 5 nitrogen and oxygen atoms in total. The number of benzene rings is 1. The topological polar surface area (TPSA) is 54.9 Å². The van der Waals surface area contributed by atoms with E-state index in [2.05, 4.69) is 41.8 Å². The Labute approximate surface area is 187 Å². The SMILES string of the molecule is CCNC(=NCc1cccc(COC2CCOCC2)c1)NC1CCCCC1.I. The zero-order valence-electron chi connectivity index (χ0n) is 17.1. The second-order valence-corrected chi connectivity index (χ2v) is 7.62. The summed E-state index contributed by atoms with van der Waals surface area (Å²) in [5.74, 6) is 0.938. The molecule has 0 radical (unpaired) electrons. The monoisotopic (exact) mass is 501 g/mol. The number of ether oxygens (including phenoxy) is 2. The van der Waals surface area contributed by atoms with Crippen LogP contribution in [0.5, 0.6) is 0 Å². The third-order valence-corrected chi connectivity index (χ3v) is 5.36. The Morgan fingerprint density at radius 3 is 2.61 bits per heavy atom. The van der Waals surface area contributed by atoms with E-state index in [0.717, 1.165) is 38.6 Å². The van der Waals surface area contributed by atoms with Gasteiger partial charge in [0.2, 0.25) is 0 Å². The van der Waals surface area contributed by atoms with Crippen LogP contribution in [0.1, 0.15) is 63.0 Å². The van der Waals surface area contributed by atoms with Crippen molar-refractivity contribution in [3.63, 3.8) is 0 Å². The van der Waals surface area contributed by atoms with E-state index in [1.165, 1.54) is 43.2 Å². The fraction of sp³-hybridized carbons (Fsp3) is 0.682. The Balaban J connectivity index is 0.00000280. The summed E-state index contributed by atoms with van der Waals surface area (Å²) in [6.45, 7) is 6.00. The lowest BCUT2D eigenvalue weighted by molar-refractivity contribution is -0.0390. The molecule has 2 N–H and O–H groups in total. The molecule has 1 heterocycles. The molecule has 1 aromatic carbocycles. The van der Waals surface area contributed by atoms with E-state index < -0.39 is 0 Å². The minimum absolute atomic E-state index is 0. The van der Waals surface area contributed by atoms with Gasteiger partial charge in [0.25, 0.3) is 0 Å². The summed E-state index contributed by atoms with van der Waals surface area (Å²) in [5.41, 5.74) is 2.45. The van der Waals surface area contributed by atoms with Gasteiger partial charge in [0.15, 0.2) is 5.96 Å². The Bertz CT molecular complexity index is 585. The number of halogens is 1. The normalized spacial score (nSPS) is 19.1. The second kappa shape index (κ2) is 13.4. The van der Waals surface area contributed by atoms with Crippen LogP contribution in [-0.2, 0) is 22.6 Å². The fourth-order valence-corrected chi connectivity index (χ4v) is 3.81. The average Bonchev–Trinajstić information content (AvgIpc) is 2.72. The van der Waals surface area contributed by atoms with Gasteiger partial charge in [-0.1, -0.05) is 43.5 Å². The Kier molecular flexibility index (Phi) is 11.2. The molecule has 1 saturated heterocycles. The van der Waals surface area contributed by atoms with Gasteiger partial charge in [-0.15, -0.1) is 24.0 Å². The Hall–Kier alpha value is -0.860. The number of rotatable bonds is 7. The zero-order valence-corrected chi connectivity index (χ0v) is 19.5. The van der Waals surface area contributed by atoms with Gasteiger partial charge in [0.1, 0.15) is 0 Å². The average molecular weight is 501 g/mol. The lowest BCUT2D eigenvalue weighted by atomic mass is 9.96. The van der Waals surface area contributed by atoms with Crippen LogP contribution in [0.2, 0.25) is 0 Å². The van der Waals surface area contributed by atoms with Crippen molar-refractivity contribution in [1.82, 2.24) is 10.6 Å². The number of nitrogens with one attached hydrogen (secondary N) is 2. The van der Waals surface area contributed by atoms with Crippen LogP contribution < -0.4 is 10.6 Å². The Morgan fingerprint density at radius 2 is 1.86 bits per heavy atom. The van der Waals surface area contributed by atoms with Crippen LogP contribution >= 0.6 is 24.0 Å². The molecule has 0 aromatic heterocycles. The molecule has 1 aromatic rings. The number of nitrogens with zero attached hydrogens (tertiary/aromatic N) is 1. The van der Waals surface area contributed by atoms with Crippen molar-refractivity contribution in [2.24, 2.45) is 4.99 Å². The van der Waals surface area contributed by atoms with Gasteiger partial charge in [-0.05, 0) is 43.7 Å². The van der Waals surface area contributed by atoms with E-state index in [4.69, 9.17) is 14.5 Å². The number of aliphatic imine (C=N–C) groups is 1. The summed E-state index contributed by atoms with van der Waals surface area (Å²) in [4.78, 5) is 4.81. The molecule has 0 atom stereocenters. The second-order valence-electron chi connectivity index (χ2n) is 7.62. The third kappa shape index (κ3) is 8.25. The van der Waals surface area contributed by atoms with Crippen molar-refractivity contribution < 1.29 is 9.47 Å². The first-order chi connectivity index (χ1) is 13.3. The molecule has 0 bridgehead atoms. The quantitative estimate of drug-likeness (QED) is 0.331. The Morgan fingerprint density at radius 1 is 1.11 bits per heavy atom. The lowest BCUT2D eigenvalue weighted by Gasteiger charge is -2.25. The predicted molar refractivity (Wildman–Crippen MR) is 125 cm³/mol. The molecular weight excluding hydrogens is 465 g/mol. The van der Waals surface area contributed by atoms with Crippen LogP contribution in [0.15, 0.2) is 29.3 Å². The van der Waals surface area contributed by atoms with Crippen LogP contribution in [0.25, 0.3) is 0 Å². The standard InChI is InChI=1S/C22H35N3O2.HI/c1-2-23-22(25-20-9-4-3-5-10-20)24-16-18-7-6-8-19(15-18)17-27-21-11-13-26-14-12-21;/h6-8,15,20-21H,2-5,9-14,16-17H2,1H3,(H2,23,24,25);1H. The van der Waals surface area contributed by atoms with Crippen LogP contribution in [0.4, 0.5) is 0 Å². The minimum atomic E-state index is 0. The molecule has 3 rings (SSSR count). The van der Waals surface area contributed by atoms with E-state index in [-0.39, 0.29) is 24.0 Å². The van der Waals surface area contributed by atoms with Gasteiger partial charge in [-0.2, -0.15) is 0 Å². The lowest BCUT2D eigenvalue weighted by Crippen LogP contribution is -2.44. The van der Waals surface area contributed by atoms with Crippen LogP contribution in [0.3, 0.4) is 0 Å². The molecule has 158 valence electrons. The molecule has 1 aliphatic carbocycles. The maximum absolute atomic E-state index is 6.05. The molecule has 0 spiro atoms. The summed E-state index contributed by atoms with van der Waals surface area (Å²) in [6.07, 6.45) is 8.87. The zero-order chi connectivity index (χ0) is 18.7. The van der Waals surface area contributed by atoms with E-state index >= 15 is 0 Å². The summed E-state index contributed by atoms with van der Waals surface area (Å²) in [7, 11) is 0. The number of guanidine groups is 1. The van der Waals surface area contributed by atoms with Crippen molar-refractivity contribution in [3.05, 3.63) is 35.4 Å². The van der Waals surface area contributed by atoms with Crippen molar-refractivity contribution in [1.29, 1.82) is 0 Å². The van der Waals surface area contributed by atoms with Crippen molar-refractivity contribution in [3.8, 4) is 0 Å². The maximum atomic E-state index is 6.05. The highest BCUT2D eigenvalue weighted by atomic mass is 127. The summed E-state index contributed by atoms with van der Waals surface area (Å²) < 4.78 is 11.4. The van der Waals surface area contributed by atoms with E-state index in [1.54, 1.807) is 0 Å². The van der Waals surface area contributed by atoms with Gasteiger partial charge in [0, 0.05) is 25.8 Å². The summed E-state index contributed by atoms with van der Waals surface area (Å²) in [6, 6.07) is 9.17. The summed E-state index contributed by atoms with van der Waals surface area (Å²) in [5, 5.41) is 7.00. The van der Waals surface area contributed by atoms with Crippen molar-refractivity contribution >= 4 is 29.9 Å². The first-order valence-electron chi connectivity index (χ1n) is 10.7. The van der Waals surface area contributed by atoms with Crippen molar-refractivity contribution in [2.45, 2.75) is 77.2 Å². The van der Waals surface area contributed by atoms with Gasteiger partial charge in [-0.3, -0.25) is 0 Å². The molecule has 1 aliphatic heterocycles. The van der Waals surface area contributed by atoms with Crippen LogP contribution in [0, 0.1) is 0 Å². The van der Waals surface area contributed by atoms with Gasteiger partial charge < -0.3 is 20.1 Å². The van der Waals surface area contributed by atoms with Crippen LogP contribution in [-0.4, -0.2) is 37.9 Å². The molecular formula is C22H36IN3O2. The van der Waals surface area contributed by atoms with Gasteiger partial charge in [-0.25, -0.2) is 4.99 Å². The highest BCUT2D eigenvalue weighted by Gasteiger charge is 2.15. The molecule has 2 aliphatic rings. The molecule has 2 fully saturated rings.